The highest BCUT2D eigenvalue weighted by Gasteiger charge is 2.22. The van der Waals surface area contributed by atoms with Gasteiger partial charge in [-0.05, 0) is 24.6 Å². The van der Waals surface area contributed by atoms with Crippen LogP contribution in [-0.2, 0) is 0 Å². The molecule has 0 saturated heterocycles. The maximum atomic E-state index is 11.9. The summed E-state index contributed by atoms with van der Waals surface area (Å²) in [6.07, 6.45) is 5.27. The van der Waals surface area contributed by atoms with Crippen molar-refractivity contribution in [3.05, 3.63) is 58.1 Å². The fraction of sp³-hybridized carbons (Fsp3) is 0.333. The highest BCUT2D eigenvalue weighted by molar-refractivity contribution is 5.90. The van der Waals surface area contributed by atoms with Gasteiger partial charge in [0.05, 0.1) is 24.9 Å². The SMILES string of the molecule is CCCCCCOc1c(OC)cc(/C=N/NC(=O)Nc2ccccc2)cc1[N+](=O)[O-]. The van der Waals surface area contributed by atoms with Crippen molar-refractivity contribution in [2.75, 3.05) is 19.0 Å². The Bertz CT molecular complexity index is 871. The smallest absolute Gasteiger partial charge is 0.339 e. The van der Waals surface area contributed by atoms with Gasteiger partial charge < -0.3 is 14.8 Å². The number of benzene rings is 2. The van der Waals surface area contributed by atoms with Crippen LogP contribution in [0.1, 0.15) is 38.2 Å². The number of ether oxygens (including phenoxy) is 2. The number of carbonyl (C=O) groups is 1. The lowest BCUT2D eigenvalue weighted by Gasteiger charge is -2.12. The number of rotatable bonds is 11. The van der Waals surface area contributed by atoms with Crippen molar-refractivity contribution in [3.63, 3.8) is 0 Å². The van der Waals surface area contributed by atoms with E-state index in [-0.39, 0.29) is 17.2 Å². The number of hydrazone groups is 1. The number of para-hydroxylation sites is 1. The van der Waals surface area contributed by atoms with Crippen molar-refractivity contribution in [2.24, 2.45) is 5.10 Å². The summed E-state index contributed by atoms with van der Waals surface area (Å²) in [4.78, 5) is 22.8. The minimum atomic E-state index is -0.536. The zero-order chi connectivity index (χ0) is 21.8. The van der Waals surface area contributed by atoms with Gasteiger partial charge in [0.2, 0.25) is 5.75 Å². The molecule has 0 aliphatic heterocycles. The molecule has 0 radical (unpaired) electrons. The van der Waals surface area contributed by atoms with Crippen LogP contribution in [-0.4, -0.2) is 30.9 Å². The molecule has 2 N–H and O–H groups in total. The lowest BCUT2D eigenvalue weighted by atomic mass is 10.1. The highest BCUT2D eigenvalue weighted by Crippen LogP contribution is 2.38. The van der Waals surface area contributed by atoms with Crippen molar-refractivity contribution in [1.82, 2.24) is 5.43 Å². The van der Waals surface area contributed by atoms with E-state index in [9.17, 15) is 14.9 Å². The van der Waals surface area contributed by atoms with Gasteiger partial charge in [-0.3, -0.25) is 10.1 Å². The Morgan fingerprint density at radius 2 is 1.97 bits per heavy atom. The summed E-state index contributed by atoms with van der Waals surface area (Å²) < 4.78 is 10.9. The van der Waals surface area contributed by atoms with Gasteiger partial charge in [0, 0.05) is 17.3 Å². The zero-order valence-corrected chi connectivity index (χ0v) is 17.1. The minimum absolute atomic E-state index is 0.0888. The number of hydrogen-bond donors (Lipinski definition) is 2. The molecule has 0 saturated carbocycles. The van der Waals surface area contributed by atoms with Crippen LogP contribution in [0.3, 0.4) is 0 Å². The van der Waals surface area contributed by atoms with Gasteiger partial charge in [0.25, 0.3) is 0 Å². The van der Waals surface area contributed by atoms with Crippen molar-refractivity contribution >= 4 is 23.6 Å². The molecule has 0 unspecified atom stereocenters. The van der Waals surface area contributed by atoms with E-state index < -0.39 is 11.0 Å². The van der Waals surface area contributed by atoms with E-state index in [0.29, 0.717) is 17.9 Å². The molecule has 0 spiro atoms. The third-order valence-electron chi connectivity index (χ3n) is 4.13. The van der Waals surface area contributed by atoms with Crippen LogP contribution in [0.25, 0.3) is 0 Å². The number of nitro benzene ring substituents is 1. The van der Waals surface area contributed by atoms with E-state index >= 15 is 0 Å². The second-order valence-electron chi connectivity index (χ2n) is 6.43. The van der Waals surface area contributed by atoms with E-state index in [0.717, 1.165) is 25.7 Å². The molecule has 2 aromatic rings. The summed E-state index contributed by atoms with van der Waals surface area (Å²) in [7, 11) is 1.41. The van der Waals surface area contributed by atoms with Gasteiger partial charge in [-0.1, -0.05) is 44.4 Å². The Hall–Kier alpha value is -3.62. The van der Waals surface area contributed by atoms with Crippen molar-refractivity contribution in [2.45, 2.75) is 32.6 Å². The van der Waals surface area contributed by atoms with Gasteiger partial charge in [0.1, 0.15) is 0 Å². The molecule has 30 heavy (non-hydrogen) atoms. The van der Waals surface area contributed by atoms with Gasteiger partial charge >= 0.3 is 11.7 Å². The molecule has 160 valence electrons. The third-order valence-corrected chi connectivity index (χ3v) is 4.13. The fourth-order valence-corrected chi connectivity index (χ4v) is 2.66. The molecule has 9 heteroatoms. The molecule has 0 atom stereocenters. The number of unbranched alkanes of at least 4 members (excludes halogenated alkanes) is 3. The topological polar surface area (TPSA) is 115 Å². The van der Waals surface area contributed by atoms with Gasteiger partial charge in [0.15, 0.2) is 5.75 Å². The Labute approximate surface area is 175 Å². The van der Waals surface area contributed by atoms with Crippen LogP contribution in [0.4, 0.5) is 16.2 Å². The first kappa shape index (κ1) is 22.7. The number of methoxy groups -OCH3 is 1. The van der Waals surface area contributed by atoms with E-state index in [1.54, 1.807) is 30.3 Å². The summed E-state index contributed by atoms with van der Waals surface area (Å²) in [6.45, 7) is 2.47. The predicted octanol–water partition coefficient (Wildman–Crippen LogP) is 4.72. The summed E-state index contributed by atoms with van der Waals surface area (Å²) >= 11 is 0. The fourth-order valence-electron chi connectivity index (χ4n) is 2.66. The first-order valence-electron chi connectivity index (χ1n) is 9.69. The molecule has 0 bridgehead atoms. The minimum Gasteiger partial charge on any atom is -0.493 e. The molecule has 0 fully saturated rings. The monoisotopic (exact) mass is 414 g/mol. The van der Waals surface area contributed by atoms with Crippen LogP contribution >= 0.6 is 0 Å². The first-order valence-corrected chi connectivity index (χ1v) is 9.69. The molecule has 0 aliphatic rings. The number of carbonyl (C=O) groups excluding carboxylic acids is 1. The molecule has 2 rings (SSSR count). The number of amides is 2. The van der Waals surface area contributed by atoms with E-state index in [1.165, 1.54) is 19.4 Å². The Balaban J connectivity index is 2.06. The van der Waals surface area contributed by atoms with Crippen molar-refractivity contribution in [1.29, 1.82) is 0 Å². The predicted molar refractivity (Wildman–Crippen MR) is 115 cm³/mol. The largest absolute Gasteiger partial charge is 0.493 e. The average molecular weight is 414 g/mol. The summed E-state index contributed by atoms with van der Waals surface area (Å²) in [6, 6.07) is 11.2. The number of anilines is 1. The number of hydrogen-bond acceptors (Lipinski definition) is 6. The van der Waals surface area contributed by atoms with Crippen LogP contribution in [0, 0.1) is 10.1 Å². The molecule has 2 amide bonds. The summed E-state index contributed by atoms with van der Waals surface area (Å²) in [5, 5.41) is 18.0. The normalized spacial score (nSPS) is 10.6. The van der Waals surface area contributed by atoms with Crippen LogP contribution in [0.15, 0.2) is 47.6 Å². The molecule has 9 nitrogen and oxygen atoms in total. The maximum absolute atomic E-state index is 11.9. The highest BCUT2D eigenvalue weighted by atomic mass is 16.6. The van der Waals surface area contributed by atoms with Gasteiger partial charge in [-0.25, -0.2) is 10.2 Å². The zero-order valence-electron chi connectivity index (χ0n) is 17.1. The standard InChI is InChI=1S/C21H26N4O5/c1-3-4-5-9-12-30-20-18(25(27)28)13-16(14-19(20)29-2)15-22-24-21(26)23-17-10-7-6-8-11-17/h6-8,10-11,13-15H,3-5,9,12H2,1-2H3,(H2,23,24,26)/b22-15+. The molecule has 2 aromatic carbocycles. The summed E-state index contributed by atoms with van der Waals surface area (Å²) in [5.74, 6) is 0.320. The number of urea groups is 1. The Kier molecular flexibility index (Phi) is 9.11. The second kappa shape index (κ2) is 12.1. The van der Waals surface area contributed by atoms with Gasteiger partial charge in [-0.2, -0.15) is 5.10 Å². The molecule has 0 aliphatic carbocycles. The Morgan fingerprint density at radius 1 is 1.20 bits per heavy atom. The van der Waals surface area contributed by atoms with Crippen molar-refractivity contribution in [3.8, 4) is 11.5 Å². The molecular formula is C21H26N4O5. The van der Waals surface area contributed by atoms with Crippen LogP contribution < -0.4 is 20.2 Å². The third kappa shape index (κ3) is 7.08. The maximum Gasteiger partial charge on any atom is 0.339 e. The number of nitrogens with zero attached hydrogens (tertiary/aromatic N) is 2. The lowest BCUT2D eigenvalue weighted by molar-refractivity contribution is -0.386. The summed E-state index contributed by atoms with van der Waals surface area (Å²) in [5.41, 5.74) is 3.09. The second-order valence-corrected chi connectivity index (χ2v) is 6.43. The van der Waals surface area contributed by atoms with Crippen molar-refractivity contribution < 1.29 is 19.2 Å². The van der Waals surface area contributed by atoms with Crippen LogP contribution in [0.2, 0.25) is 0 Å². The van der Waals surface area contributed by atoms with Crippen LogP contribution in [0.5, 0.6) is 11.5 Å². The molecule has 0 heterocycles. The van der Waals surface area contributed by atoms with E-state index in [4.69, 9.17) is 9.47 Å². The van der Waals surface area contributed by atoms with E-state index in [1.807, 2.05) is 6.07 Å². The lowest BCUT2D eigenvalue weighted by Crippen LogP contribution is -2.24. The number of nitro groups is 1. The average Bonchev–Trinajstić information content (AvgIpc) is 2.74. The molecular weight excluding hydrogens is 388 g/mol. The quantitative estimate of drug-likeness (QED) is 0.239. The number of nitrogens with one attached hydrogen (secondary N) is 2. The van der Waals surface area contributed by atoms with Gasteiger partial charge in [-0.15, -0.1) is 0 Å². The molecule has 0 aromatic heterocycles. The van der Waals surface area contributed by atoms with E-state index in [2.05, 4.69) is 22.8 Å². The Morgan fingerprint density at radius 3 is 2.63 bits per heavy atom. The first-order chi connectivity index (χ1) is 14.5.